The largest absolute Gasteiger partial charge is 0.481 e. The van der Waals surface area contributed by atoms with Crippen LogP contribution in [0.2, 0.25) is 5.02 Å². The van der Waals surface area contributed by atoms with E-state index < -0.39 is 17.9 Å². The summed E-state index contributed by atoms with van der Waals surface area (Å²) in [6, 6.07) is 4.60. The molecule has 2 amide bonds. The molecule has 0 aliphatic heterocycles. The lowest BCUT2D eigenvalue weighted by Gasteiger charge is -2.13. The minimum absolute atomic E-state index is 0.0840. The van der Waals surface area contributed by atoms with Crippen molar-refractivity contribution in [2.75, 3.05) is 11.9 Å². The average molecular weight is 364 g/mol. The lowest BCUT2D eigenvalue weighted by atomic mass is 10.0. The molecular weight excluding hydrogens is 348 g/mol. The molecule has 0 fully saturated rings. The van der Waals surface area contributed by atoms with E-state index in [1.165, 1.54) is 0 Å². The highest BCUT2D eigenvalue weighted by molar-refractivity contribution is 9.10. The van der Waals surface area contributed by atoms with E-state index in [0.717, 1.165) is 10.9 Å². The van der Waals surface area contributed by atoms with E-state index >= 15 is 0 Å². The van der Waals surface area contributed by atoms with Gasteiger partial charge in [-0.2, -0.15) is 0 Å². The number of amides is 2. The molecule has 0 saturated carbocycles. The van der Waals surface area contributed by atoms with Gasteiger partial charge < -0.3 is 15.7 Å². The second-order valence-electron chi connectivity index (χ2n) is 4.28. The normalized spacial score (nSPS) is 11.8. The van der Waals surface area contributed by atoms with Crippen molar-refractivity contribution in [3.05, 3.63) is 27.7 Å². The second kappa shape index (κ2) is 8.11. The van der Waals surface area contributed by atoms with Gasteiger partial charge in [-0.1, -0.05) is 40.9 Å². The number of aliphatic carboxylic acids is 1. The summed E-state index contributed by atoms with van der Waals surface area (Å²) in [5.74, 6) is -1.49. The molecule has 1 rings (SSSR count). The molecule has 5 nitrogen and oxygen atoms in total. The average Bonchev–Trinajstić information content (AvgIpc) is 2.38. The van der Waals surface area contributed by atoms with Crippen LogP contribution in [0.3, 0.4) is 0 Å². The van der Waals surface area contributed by atoms with Crippen LogP contribution in [0.4, 0.5) is 10.5 Å². The van der Waals surface area contributed by atoms with Crippen LogP contribution in [-0.4, -0.2) is 23.7 Å². The van der Waals surface area contributed by atoms with Crippen LogP contribution in [0, 0.1) is 5.92 Å². The summed E-state index contributed by atoms with van der Waals surface area (Å²) in [7, 11) is 0. The van der Waals surface area contributed by atoms with Gasteiger partial charge in [0.2, 0.25) is 0 Å². The van der Waals surface area contributed by atoms with Crippen molar-refractivity contribution in [1.29, 1.82) is 0 Å². The molecule has 20 heavy (non-hydrogen) atoms. The topological polar surface area (TPSA) is 78.4 Å². The molecule has 1 aromatic carbocycles. The molecule has 3 N–H and O–H groups in total. The fourth-order valence-corrected chi connectivity index (χ4v) is 2.16. The smallest absolute Gasteiger partial charge is 0.319 e. The highest BCUT2D eigenvalue weighted by Crippen LogP contribution is 2.25. The van der Waals surface area contributed by atoms with Crippen molar-refractivity contribution >= 4 is 45.2 Å². The fraction of sp³-hybridized carbons (Fsp3) is 0.385. The number of rotatable bonds is 6. The maximum atomic E-state index is 11.7. The molecule has 0 bridgehead atoms. The molecular formula is C13H16BrClN2O3. The summed E-state index contributed by atoms with van der Waals surface area (Å²) in [6.07, 6.45) is 1.27. The molecule has 0 heterocycles. The highest BCUT2D eigenvalue weighted by atomic mass is 79.9. The summed E-state index contributed by atoms with van der Waals surface area (Å²) in [4.78, 5) is 22.7. The number of carboxylic acid groups (broad SMARTS) is 1. The zero-order valence-corrected chi connectivity index (χ0v) is 13.3. The maximum Gasteiger partial charge on any atom is 0.319 e. The summed E-state index contributed by atoms with van der Waals surface area (Å²) >= 11 is 9.23. The van der Waals surface area contributed by atoms with Gasteiger partial charge in [0.1, 0.15) is 0 Å². The van der Waals surface area contributed by atoms with E-state index in [9.17, 15) is 9.59 Å². The summed E-state index contributed by atoms with van der Waals surface area (Å²) in [6.45, 7) is 1.98. The lowest BCUT2D eigenvalue weighted by molar-refractivity contribution is -0.141. The van der Waals surface area contributed by atoms with E-state index in [1.807, 2.05) is 6.92 Å². The van der Waals surface area contributed by atoms with Gasteiger partial charge in [0, 0.05) is 11.0 Å². The van der Waals surface area contributed by atoms with Gasteiger partial charge in [-0.25, -0.2) is 4.79 Å². The standard InChI is InChI=1S/C13H16BrClN2O3/c1-2-3-8(12(18)19)7-16-13(20)17-11-6-9(14)4-5-10(11)15/h4-6,8H,2-3,7H2,1H3,(H,18,19)(H2,16,17,20). The molecule has 0 radical (unpaired) electrons. The Kier molecular flexibility index (Phi) is 6.81. The number of benzene rings is 1. The van der Waals surface area contributed by atoms with E-state index in [-0.39, 0.29) is 6.54 Å². The lowest BCUT2D eigenvalue weighted by Crippen LogP contribution is -2.35. The predicted molar refractivity (Wildman–Crippen MR) is 82.2 cm³/mol. The van der Waals surface area contributed by atoms with Crippen molar-refractivity contribution in [3.63, 3.8) is 0 Å². The molecule has 110 valence electrons. The van der Waals surface area contributed by atoms with Crippen LogP contribution < -0.4 is 10.6 Å². The molecule has 0 saturated heterocycles. The second-order valence-corrected chi connectivity index (χ2v) is 5.61. The van der Waals surface area contributed by atoms with Gasteiger partial charge in [0.15, 0.2) is 0 Å². The number of carboxylic acids is 1. The summed E-state index contributed by atoms with van der Waals surface area (Å²) < 4.78 is 0.784. The van der Waals surface area contributed by atoms with E-state index in [2.05, 4.69) is 26.6 Å². The van der Waals surface area contributed by atoms with E-state index in [0.29, 0.717) is 17.1 Å². The third-order valence-electron chi connectivity index (χ3n) is 2.67. The number of halogens is 2. The Morgan fingerprint density at radius 1 is 1.45 bits per heavy atom. The molecule has 0 aromatic heterocycles. The molecule has 1 aromatic rings. The minimum Gasteiger partial charge on any atom is -0.481 e. The van der Waals surface area contributed by atoms with Gasteiger partial charge in [-0.15, -0.1) is 0 Å². The maximum absolute atomic E-state index is 11.7. The molecule has 0 spiro atoms. The van der Waals surface area contributed by atoms with E-state index in [1.54, 1.807) is 18.2 Å². The zero-order chi connectivity index (χ0) is 15.1. The quantitative estimate of drug-likeness (QED) is 0.720. The predicted octanol–water partition coefficient (Wildman–Crippen LogP) is 3.72. The van der Waals surface area contributed by atoms with Crippen molar-refractivity contribution in [2.45, 2.75) is 19.8 Å². The molecule has 0 aliphatic rings. The van der Waals surface area contributed by atoms with Gasteiger partial charge in [-0.3, -0.25) is 4.79 Å². The third kappa shape index (κ3) is 5.38. The van der Waals surface area contributed by atoms with Crippen LogP contribution in [-0.2, 0) is 4.79 Å². The Morgan fingerprint density at radius 3 is 2.75 bits per heavy atom. The first kappa shape index (κ1) is 16.8. The van der Waals surface area contributed by atoms with Gasteiger partial charge in [-0.05, 0) is 24.6 Å². The zero-order valence-electron chi connectivity index (χ0n) is 11.0. The SMILES string of the molecule is CCCC(CNC(=O)Nc1cc(Br)ccc1Cl)C(=O)O. The van der Waals surface area contributed by atoms with Gasteiger partial charge in [0.25, 0.3) is 0 Å². The first-order valence-electron chi connectivity index (χ1n) is 6.16. The van der Waals surface area contributed by atoms with Gasteiger partial charge in [0.05, 0.1) is 16.6 Å². The molecule has 7 heteroatoms. The Hall–Kier alpha value is -1.27. The summed E-state index contributed by atoms with van der Waals surface area (Å²) in [5.41, 5.74) is 0.459. The summed E-state index contributed by atoms with van der Waals surface area (Å²) in [5, 5.41) is 14.5. The number of carbonyl (C=O) groups is 2. The Balaban J connectivity index is 2.55. The molecule has 1 atom stereocenters. The van der Waals surface area contributed by atoms with Crippen molar-refractivity contribution in [1.82, 2.24) is 5.32 Å². The number of nitrogens with one attached hydrogen (secondary N) is 2. The number of anilines is 1. The highest BCUT2D eigenvalue weighted by Gasteiger charge is 2.17. The fourth-order valence-electron chi connectivity index (χ4n) is 1.64. The first-order valence-corrected chi connectivity index (χ1v) is 7.33. The van der Waals surface area contributed by atoms with Crippen molar-refractivity contribution in [2.24, 2.45) is 5.92 Å². The third-order valence-corrected chi connectivity index (χ3v) is 3.49. The molecule has 0 aliphatic carbocycles. The Labute approximate surface area is 130 Å². The minimum atomic E-state index is -0.910. The monoisotopic (exact) mass is 362 g/mol. The van der Waals surface area contributed by atoms with Crippen molar-refractivity contribution < 1.29 is 14.7 Å². The number of hydrogen-bond acceptors (Lipinski definition) is 2. The van der Waals surface area contributed by atoms with Crippen LogP contribution in [0.1, 0.15) is 19.8 Å². The van der Waals surface area contributed by atoms with Crippen LogP contribution in [0.25, 0.3) is 0 Å². The number of urea groups is 1. The van der Waals surface area contributed by atoms with E-state index in [4.69, 9.17) is 16.7 Å². The molecule has 1 unspecified atom stereocenters. The Morgan fingerprint density at radius 2 is 2.15 bits per heavy atom. The number of carbonyl (C=O) groups excluding carboxylic acids is 1. The number of hydrogen-bond donors (Lipinski definition) is 3. The van der Waals surface area contributed by atoms with Gasteiger partial charge >= 0.3 is 12.0 Å². The van der Waals surface area contributed by atoms with Crippen molar-refractivity contribution in [3.8, 4) is 0 Å². The van der Waals surface area contributed by atoms with Crippen LogP contribution in [0.5, 0.6) is 0 Å². The first-order chi connectivity index (χ1) is 9.43. The van der Waals surface area contributed by atoms with Crippen LogP contribution in [0.15, 0.2) is 22.7 Å². The van der Waals surface area contributed by atoms with Crippen LogP contribution >= 0.6 is 27.5 Å². The Bertz CT molecular complexity index is 497.